The Morgan fingerprint density at radius 1 is 1.78 bits per heavy atom. The van der Waals surface area contributed by atoms with Crippen LogP contribution in [0.15, 0.2) is 12.8 Å². The summed E-state index contributed by atoms with van der Waals surface area (Å²) in [6.45, 7) is 4.08. The van der Waals surface area contributed by atoms with E-state index in [1.807, 2.05) is 0 Å². The van der Waals surface area contributed by atoms with Crippen molar-refractivity contribution in [2.75, 3.05) is 6.61 Å². The standard InChI is InChI=1S/C6H14O2Si/c1-2-8-5-3-4-6(7)9/h2,6-7H,1,3-5H2,9H3. The molecule has 0 spiro atoms. The zero-order valence-electron chi connectivity index (χ0n) is 5.84. The van der Waals surface area contributed by atoms with Crippen LogP contribution in [0, 0.1) is 0 Å². The summed E-state index contributed by atoms with van der Waals surface area (Å²) in [5, 5.41) is 8.83. The van der Waals surface area contributed by atoms with E-state index in [0.29, 0.717) is 6.61 Å². The second kappa shape index (κ2) is 5.85. The Morgan fingerprint density at radius 3 is 2.89 bits per heavy atom. The van der Waals surface area contributed by atoms with Gasteiger partial charge >= 0.3 is 0 Å². The zero-order chi connectivity index (χ0) is 7.11. The summed E-state index contributed by atoms with van der Waals surface area (Å²) in [4.78, 5) is 0. The van der Waals surface area contributed by atoms with E-state index in [2.05, 4.69) is 6.58 Å². The number of rotatable bonds is 5. The molecule has 0 aromatic carbocycles. The molecule has 0 aliphatic heterocycles. The first-order chi connectivity index (χ1) is 4.27. The first kappa shape index (κ1) is 8.72. The van der Waals surface area contributed by atoms with Gasteiger partial charge in [-0.3, -0.25) is 0 Å². The zero-order valence-corrected chi connectivity index (χ0v) is 7.84. The highest BCUT2D eigenvalue weighted by molar-refractivity contribution is 6.10. The van der Waals surface area contributed by atoms with Gasteiger partial charge in [0.1, 0.15) is 0 Å². The summed E-state index contributed by atoms with van der Waals surface area (Å²) in [5.74, 6) is 0. The first-order valence-corrected chi connectivity index (χ1v) is 4.33. The lowest BCUT2D eigenvalue weighted by molar-refractivity contribution is 0.201. The van der Waals surface area contributed by atoms with Gasteiger partial charge in [0.05, 0.1) is 12.9 Å². The molecule has 0 amide bonds. The third-order valence-electron chi connectivity index (χ3n) is 1.00. The van der Waals surface area contributed by atoms with Crippen molar-refractivity contribution < 1.29 is 9.84 Å². The Hall–Kier alpha value is -0.283. The molecule has 0 bridgehead atoms. The van der Waals surface area contributed by atoms with Crippen molar-refractivity contribution in [2.24, 2.45) is 0 Å². The highest BCUT2D eigenvalue weighted by Crippen LogP contribution is 1.92. The van der Waals surface area contributed by atoms with E-state index >= 15 is 0 Å². The number of ether oxygens (including phenoxy) is 1. The third-order valence-corrected chi connectivity index (χ3v) is 1.58. The monoisotopic (exact) mass is 146 g/mol. The van der Waals surface area contributed by atoms with Gasteiger partial charge in [-0.1, -0.05) is 6.58 Å². The van der Waals surface area contributed by atoms with Crippen LogP contribution < -0.4 is 0 Å². The molecule has 9 heavy (non-hydrogen) atoms. The Kier molecular flexibility index (Phi) is 5.66. The van der Waals surface area contributed by atoms with Crippen molar-refractivity contribution >= 4 is 10.2 Å². The summed E-state index contributed by atoms with van der Waals surface area (Å²) < 4.78 is 4.85. The van der Waals surface area contributed by atoms with Crippen LogP contribution in [0.1, 0.15) is 12.8 Å². The lowest BCUT2D eigenvalue weighted by Crippen LogP contribution is -2.05. The molecule has 0 fully saturated rings. The van der Waals surface area contributed by atoms with Crippen molar-refractivity contribution in [3.05, 3.63) is 12.8 Å². The Balaban J connectivity index is 2.82. The first-order valence-electron chi connectivity index (χ1n) is 3.18. The smallest absolute Gasteiger partial charge is 0.0873 e. The van der Waals surface area contributed by atoms with Crippen LogP contribution in [0.5, 0.6) is 0 Å². The number of hydrogen-bond acceptors (Lipinski definition) is 2. The summed E-state index contributed by atoms with van der Waals surface area (Å²) >= 11 is 0. The molecule has 0 saturated heterocycles. The Morgan fingerprint density at radius 2 is 2.44 bits per heavy atom. The predicted molar refractivity (Wildman–Crippen MR) is 41.3 cm³/mol. The molecule has 0 aliphatic carbocycles. The van der Waals surface area contributed by atoms with E-state index in [9.17, 15) is 0 Å². The maximum Gasteiger partial charge on any atom is 0.0873 e. The minimum atomic E-state index is -0.0709. The molecule has 3 heteroatoms. The molecule has 0 radical (unpaired) electrons. The second-order valence-corrected chi connectivity index (χ2v) is 3.36. The van der Waals surface area contributed by atoms with Gasteiger partial charge in [-0.2, -0.15) is 0 Å². The average Bonchev–Trinajstić information content (AvgIpc) is 1.80. The molecule has 1 unspecified atom stereocenters. The van der Waals surface area contributed by atoms with E-state index in [-0.39, 0.29) is 5.73 Å². The van der Waals surface area contributed by atoms with Crippen molar-refractivity contribution in [3.63, 3.8) is 0 Å². The predicted octanol–water partition coefficient (Wildman–Crippen LogP) is -0.389. The van der Waals surface area contributed by atoms with Crippen LogP contribution in [-0.4, -0.2) is 27.7 Å². The minimum Gasteiger partial charge on any atom is -0.502 e. The molecule has 0 aromatic rings. The lowest BCUT2D eigenvalue weighted by Gasteiger charge is -2.02. The third kappa shape index (κ3) is 7.72. The largest absolute Gasteiger partial charge is 0.502 e. The fraction of sp³-hybridized carbons (Fsp3) is 0.667. The van der Waals surface area contributed by atoms with E-state index in [0.717, 1.165) is 23.1 Å². The molecular formula is C6H14O2Si. The Bertz CT molecular complexity index is 73.5. The molecule has 0 aromatic heterocycles. The van der Waals surface area contributed by atoms with Crippen molar-refractivity contribution in [2.45, 2.75) is 18.6 Å². The van der Waals surface area contributed by atoms with Crippen molar-refractivity contribution in [3.8, 4) is 0 Å². The fourth-order valence-corrected chi connectivity index (χ4v) is 0.954. The van der Waals surface area contributed by atoms with Gasteiger partial charge in [0.2, 0.25) is 0 Å². The maximum atomic E-state index is 8.83. The second-order valence-electron chi connectivity index (χ2n) is 2.03. The molecule has 54 valence electrons. The highest BCUT2D eigenvalue weighted by Gasteiger charge is 1.93. The summed E-state index contributed by atoms with van der Waals surface area (Å²) in [6, 6.07) is 0. The van der Waals surface area contributed by atoms with Gasteiger partial charge in [-0.05, 0) is 12.8 Å². The highest BCUT2D eigenvalue weighted by atomic mass is 28.1. The van der Waals surface area contributed by atoms with Crippen LogP contribution in [0.2, 0.25) is 0 Å². The van der Waals surface area contributed by atoms with Gasteiger partial charge in [-0.25, -0.2) is 0 Å². The number of aliphatic hydroxyl groups excluding tert-OH is 1. The van der Waals surface area contributed by atoms with Crippen LogP contribution in [0.25, 0.3) is 0 Å². The maximum absolute atomic E-state index is 8.83. The molecule has 2 nitrogen and oxygen atoms in total. The number of hydrogen-bond donors (Lipinski definition) is 1. The number of aliphatic hydroxyl groups is 1. The van der Waals surface area contributed by atoms with Crippen molar-refractivity contribution in [1.82, 2.24) is 0 Å². The summed E-state index contributed by atoms with van der Waals surface area (Å²) in [6.07, 6.45) is 3.22. The van der Waals surface area contributed by atoms with E-state index in [1.165, 1.54) is 6.26 Å². The molecule has 1 N–H and O–H groups in total. The topological polar surface area (TPSA) is 29.5 Å². The van der Waals surface area contributed by atoms with Crippen LogP contribution in [-0.2, 0) is 4.74 Å². The van der Waals surface area contributed by atoms with Crippen LogP contribution in [0.3, 0.4) is 0 Å². The molecule has 0 saturated carbocycles. The van der Waals surface area contributed by atoms with Gasteiger partial charge in [0, 0.05) is 16.0 Å². The van der Waals surface area contributed by atoms with Gasteiger partial charge < -0.3 is 9.84 Å². The fourth-order valence-electron chi connectivity index (χ4n) is 0.545. The average molecular weight is 146 g/mol. The SMILES string of the molecule is C=COCCCC(O)[SiH3]. The molecular weight excluding hydrogens is 132 g/mol. The molecule has 0 aliphatic rings. The van der Waals surface area contributed by atoms with Gasteiger partial charge in [0.15, 0.2) is 0 Å². The molecule has 1 atom stereocenters. The Labute approximate surface area is 59.0 Å². The molecule has 0 rings (SSSR count). The van der Waals surface area contributed by atoms with Crippen molar-refractivity contribution in [1.29, 1.82) is 0 Å². The molecule has 0 heterocycles. The summed E-state index contributed by atoms with van der Waals surface area (Å²) in [5.41, 5.74) is -0.0709. The van der Waals surface area contributed by atoms with E-state index < -0.39 is 0 Å². The van der Waals surface area contributed by atoms with E-state index in [1.54, 1.807) is 0 Å². The minimum absolute atomic E-state index is 0.0709. The van der Waals surface area contributed by atoms with Crippen LogP contribution in [0.4, 0.5) is 0 Å². The normalized spacial score (nSPS) is 13.0. The van der Waals surface area contributed by atoms with E-state index in [4.69, 9.17) is 9.84 Å². The van der Waals surface area contributed by atoms with Crippen LogP contribution >= 0.6 is 0 Å². The quantitative estimate of drug-likeness (QED) is 0.325. The lowest BCUT2D eigenvalue weighted by atomic mass is 10.3. The van der Waals surface area contributed by atoms with Gasteiger partial charge in [-0.15, -0.1) is 0 Å². The van der Waals surface area contributed by atoms with Gasteiger partial charge in [0.25, 0.3) is 0 Å². The summed E-state index contributed by atoms with van der Waals surface area (Å²) in [7, 11) is 0.861.